The molecule has 1 aliphatic carbocycles. The van der Waals surface area contributed by atoms with Gasteiger partial charge in [0, 0.05) is 33.1 Å². The van der Waals surface area contributed by atoms with Crippen LogP contribution < -0.4 is 5.32 Å². The van der Waals surface area contributed by atoms with E-state index in [-0.39, 0.29) is 0 Å². The number of aromatic nitrogens is 2. The van der Waals surface area contributed by atoms with Crippen LogP contribution in [0.5, 0.6) is 0 Å². The first-order chi connectivity index (χ1) is 12.3. The number of nitrogens with one attached hydrogen (secondary N) is 2. The quantitative estimate of drug-likeness (QED) is 0.666. The molecule has 1 saturated heterocycles. The predicted molar refractivity (Wildman–Crippen MR) is 103 cm³/mol. The normalized spacial score (nSPS) is 20.5. The van der Waals surface area contributed by atoms with Gasteiger partial charge >= 0.3 is 0 Å². The Labute approximate surface area is 149 Å². The van der Waals surface area contributed by atoms with Gasteiger partial charge in [-0.2, -0.15) is 0 Å². The van der Waals surface area contributed by atoms with Gasteiger partial charge in [0.1, 0.15) is 5.82 Å². The van der Waals surface area contributed by atoms with Crippen LogP contribution in [0.4, 0.5) is 0 Å². The molecule has 0 unspecified atom stereocenters. The molecule has 1 aromatic heterocycles. The molecule has 0 radical (unpaired) electrons. The summed E-state index contributed by atoms with van der Waals surface area (Å²) < 4.78 is 0. The van der Waals surface area contributed by atoms with Gasteiger partial charge in [0.2, 0.25) is 0 Å². The molecule has 2 aliphatic rings. The average molecular weight is 339 g/mol. The highest BCUT2D eigenvalue weighted by Crippen LogP contribution is 2.43. The molecular weight excluding hydrogens is 310 g/mol. The second kappa shape index (κ2) is 7.06. The maximum Gasteiger partial charge on any atom is 0.193 e. The number of fused-ring (bicyclic) bond motifs is 1. The topological polar surface area (TPSA) is 56.3 Å². The second-order valence-electron chi connectivity index (χ2n) is 7.66. The Morgan fingerprint density at radius 3 is 2.88 bits per heavy atom. The highest BCUT2D eigenvalue weighted by atomic mass is 15.3. The highest BCUT2D eigenvalue weighted by molar-refractivity contribution is 5.80. The monoisotopic (exact) mass is 339 g/mol. The van der Waals surface area contributed by atoms with Crippen LogP contribution in [0.2, 0.25) is 0 Å². The van der Waals surface area contributed by atoms with Crippen LogP contribution in [0.25, 0.3) is 11.0 Å². The molecule has 1 aromatic carbocycles. The summed E-state index contributed by atoms with van der Waals surface area (Å²) >= 11 is 0. The summed E-state index contributed by atoms with van der Waals surface area (Å²) in [5.41, 5.74) is 2.72. The van der Waals surface area contributed by atoms with Crippen LogP contribution >= 0.6 is 0 Å². The Bertz CT molecular complexity index is 708. The number of hydrogen-bond acceptors (Lipinski definition) is 2. The Morgan fingerprint density at radius 1 is 1.24 bits per heavy atom. The van der Waals surface area contributed by atoms with Gasteiger partial charge in [-0.3, -0.25) is 4.99 Å². The lowest BCUT2D eigenvalue weighted by Crippen LogP contribution is -2.42. The van der Waals surface area contributed by atoms with E-state index in [1.54, 1.807) is 0 Å². The Hall–Kier alpha value is -2.04. The zero-order valence-corrected chi connectivity index (χ0v) is 15.2. The van der Waals surface area contributed by atoms with Crippen LogP contribution in [-0.2, 0) is 6.42 Å². The third-order valence-electron chi connectivity index (χ3n) is 5.95. The number of guanidine groups is 1. The van der Waals surface area contributed by atoms with E-state index in [2.05, 4.69) is 37.3 Å². The van der Waals surface area contributed by atoms with E-state index < -0.39 is 0 Å². The molecule has 134 valence electrons. The molecule has 0 atom stereocenters. The SMILES string of the molecule is CN=C(NCCc1nc2ccccc2[nH]1)N1CCC2(CCCCC2)C1. The summed E-state index contributed by atoms with van der Waals surface area (Å²) in [7, 11) is 1.90. The lowest BCUT2D eigenvalue weighted by Gasteiger charge is -2.33. The van der Waals surface area contributed by atoms with Gasteiger partial charge in [-0.05, 0) is 36.8 Å². The fraction of sp³-hybridized carbons (Fsp3) is 0.600. The van der Waals surface area contributed by atoms with Gasteiger partial charge < -0.3 is 15.2 Å². The molecule has 0 bridgehead atoms. The molecule has 5 heteroatoms. The van der Waals surface area contributed by atoms with Gasteiger partial charge in [-0.15, -0.1) is 0 Å². The number of hydrogen-bond donors (Lipinski definition) is 2. The van der Waals surface area contributed by atoms with Crippen molar-refractivity contribution < 1.29 is 0 Å². The van der Waals surface area contributed by atoms with Crippen molar-refractivity contribution in [2.45, 2.75) is 44.9 Å². The molecule has 2 heterocycles. The number of likely N-dealkylation sites (tertiary alicyclic amines) is 1. The van der Waals surface area contributed by atoms with Crippen LogP contribution in [0.1, 0.15) is 44.3 Å². The number of para-hydroxylation sites is 2. The first kappa shape index (κ1) is 16.4. The molecule has 1 spiro atoms. The molecule has 2 N–H and O–H groups in total. The standard InChI is InChI=1S/C20H29N5/c1-21-19(25-14-12-20(15-25)10-5-2-6-11-20)22-13-9-18-23-16-7-3-4-8-17(16)24-18/h3-4,7-8H,2,5-6,9-15H2,1H3,(H,21,22)(H,23,24). The summed E-state index contributed by atoms with van der Waals surface area (Å²) in [4.78, 5) is 15.0. The molecule has 2 aromatic rings. The van der Waals surface area contributed by atoms with E-state index >= 15 is 0 Å². The molecule has 5 nitrogen and oxygen atoms in total. The van der Waals surface area contributed by atoms with Gasteiger partial charge in [0.15, 0.2) is 5.96 Å². The predicted octanol–water partition coefficient (Wildman–Crippen LogP) is 3.34. The van der Waals surface area contributed by atoms with Gasteiger partial charge in [-0.1, -0.05) is 31.4 Å². The number of H-pyrrole nitrogens is 1. The fourth-order valence-corrected chi connectivity index (χ4v) is 4.57. The van der Waals surface area contributed by atoms with Crippen LogP contribution in [0.3, 0.4) is 0 Å². The number of aliphatic imine (C=N–C) groups is 1. The van der Waals surface area contributed by atoms with Crippen molar-refractivity contribution in [3.8, 4) is 0 Å². The minimum Gasteiger partial charge on any atom is -0.356 e. The Balaban J connectivity index is 1.32. The van der Waals surface area contributed by atoms with Crippen molar-refractivity contribution in [2.75, 3.05) is 26.7 Å². The fourth-order valence-electron chi connectivity index (χ4n) is 4.57. The van der Waals surface area contributed by atoms with E-state index in [1.165, 1.54) is 45.1 Å². The number of rotatable bonds is 3. The highest BCUT2D eigenvalue weighted by Gasteiger charge is 2.39. The molecule has 0 amide bonds. The largest absolute Gasteiger partial charge is 0.356 e. The average Bonchev–Trinajstić information content (AvgIpc) is 3.23. The van der Waals surface area contributed by atoms with Crippen molar-refractivity contribution >= 4 is 17.0 Å². The summed E-state index contributed by atoms with van der Waals surface area (Å²) in [6.07, 6.45) is 9.26. The van der Waals surface area contributed by atoms with Crippen LogP contribution in [0.15, 0.2) is 29.3 Å². The zero-order chi connectivity index (χ0) is 17.1. The van der Waals surface area contributed by atoms with Gasteiger partial charge in [0.25, 0.3) is 0 Å². The summed E-state index contributed by atoms with van der Waals surface area (Å²) in [5, 5.41) is 3.54. The smallest absolute Gasteiger partial charge is 0.193 e. The number of nitrogens with zero attached hydrogens (tertiary/aromatic N) is 3. The molecule has 1 aliphatic heterocycles. The minimum absolute atomic E-state index is 0.564. The van der Waals surface area contributed by atoms with Crippen LogP contribution in [-0.4, -0.2) is 47.5 Å². The van der Waals surface area contributed by atoms with Crippen molar-refractivity contribution in [1.82, 2.24) is 20.2 Å². The van der Waals surface area contributed by atoms with E-state index in [1.807, 2.05) is 19.2 Å². The Kier molecular flexibility index (Phi) is 4.64. The number of aromatic amines is 1. The number of imidazole rings is 1. The third-order valence-corrected chi connectivity index (χ3v) is 5.95. The van der Waals surface area contributed by atoms with E-state index in [0.29, 0.717) is 5.41 Å². The first-order valence-corrected chi connectivity index (χ1v) is 9.67. The van der Waals surface area contributed by atoms with E-state index in [0.717, 1.165) is 42.3 Å². The van der Waals surface area contributed by atoms with Gasteiger partial charge in [0.05, 0.1) is 11.0 Å². The molecule has 25 heavy (non-hydrogen) atoms. The van der Waals surface area contributed by atoms with Crippen molar-refractivity contribution in [1.29, 1.82) is 0 Å². The third kappa shape index (κ3) is 3.51. The minimum atomic E-state index is 0.564. The van der Waals surface area contributed by atoms with E-state index in [9.17, 15) is 0 Å². The summed E-state index contributed by atoms with van der Waals surface area (Å²) in [5.74, 6) is 2.09. The lowest BCUT2D eigenvalue weighted by atomic mass is 9.73. The summed E-state index contributed by atoms with van der Waals surface area (Å²) in [6, 6.07) is 8.20. The van der Waals surface area contributed by atoms with Crippen molar-refractivity contribution in [3.63, 3.8) is 0 Å². The lowest BCUT2D eigenvalue weighted by molar-refractivity contribution is 0.203. The van der Waals surface area contributed by atoms with Crippen molar-refractivity contribution in [2.24, 2.45) is 10.4 Å². The van der Waals surface area contributed by atoms with Gasteiger partial charge in [-0.25, -0.2) is 4.98 Å². The zero-order valence-electron chi connectivity index (χ0n) is 15.2. The van der Waals surface area contributed by atoms with E-state index in [4.69, 9.17) is 0 Å². The maximum absolute atomic E-state index is 4.65. The molecule has 1 saturated carbocycles. The molecule has 4 rings (SSSR count). The Morgan fingerprint density at radius 2 is 2.08 bits per heavy atom. The molecular formula is C20H29N5. The van der Waals surface area contributed by atoms with Crippen molar-refractivity contribution in [3.05, 3.63) is 30.1 Å². The number of benzene rings is 1. The maximum atomic E-state index is 4.65. The second-order valence-corrected chi connectivity index (χ2v) is 7.66. The molecule has 2 fully saturated rings. The first-order valence-electron chi connectivity index (χ1n) is 9.67. The summed E-state index contributed by atoms with van der Waals surface area (Å²) in [6.45, 7) is 3.18. The van der Waals surface area contributed by atoms with Crippen LogP contribution in [0, 0.1) is 5.41 Å².